The lowest BCUT2D eigenvalue weighted by molar-refractivity contribution is -0.289. The Morgan fingerprint density at radius 3 is 2.47 bits per heavy atom. The number of fused-ring (bicyclic) bond motifs is 1. The van der Waals surface area contributed by atoms with Gasteiger partial charge in [-0.3, -0.25) is 19.2 Å². The number of hydrogen-bond donors (Lipinski definition) is 2. The number of aryl methyl sites for hydroxylation is 1. The normalized spacial score (nSPS) is 34.9. The van der Waals surface area contributed by atoms with E-state index in [4.69, 9.17) is 23.7 Å². The van der Waals surface area contributed by atoms with Gasteiger partial charge in [-0.25, -0.2) is 9.78 Å². The number of rotatable bonds is 11. The molecule has 3 aliphatic rings. The first-order valence-corrected chi connectivity index (χ1v) is 22.5. The number of thiazole rings is 1. The Morgan fingerprint density at radius 1 is 1.15 bits per heavy atom. The molecule has 3 saturated heterocycles. The molecule has 3 fully saturated rings. The van der Waals surface area contributed by atoms with Crippen LogP contribution in [0.3, 0.4) is 0 Å². The molecule has 0 radical (unpaired) electrons. The summed E-state index contributed by atoms with van der Waals surface area (Å²) >= 11 is 1.75. The number of amides is 1. The summed E-state index contributed by atoms with van der Waals surface area (Å²) in [4.78, 5) is 49.6. The molecule has 3 unspecified atom stereocenters. The molecule has 334 valence electrons. The van der Waals surface area contributed by atoms with Gasteiger partial charge in [0, 0.05) is 68.7 Å². The van der Waals surface area contributed by atoms with E-state index in [9.17, 15) is 23.4 Å². The summed E-state index contributed by atoms with van der Waals surface area (Å²) in [6.07, 6.45) is 3.29. The number of nitrogens with zero attached hydrogens (tertiary/aromatic N) is 6. The average molecular weight is 872 g/mol. The van der Waals surface area contributed by atoms with Crippen molar-refractivity contribution in [3.8, 4) is 10.7 Å². The number of cyclic esters (lactones) is 1. The van der Waals surface area contributed by atoms with Gasteiger partial charge in [0.2, 0.25) is 0 Å². The average Bonchev–Trinajstić information content (AvgIpc) is 3.95. The van der Waals surface area contributed by atoms with Gasteiger partial charge in [-0.2, -0.15) is 3.89 Å². The summed E-state index contributed by atoms with van der Waals surface area (Å²) in [5.74, 6) is -2.25. The quantitative estimate of drug-likeness (QED) is 0.172. The third-order valence-electron chi connectivity index (χ3n) is 11.9. The minimum Gasteiger partial charge on any atom is -0.458 e. The first-order chi connectivity index (χ1) is 27.9. The van der Waals surface area contributed by atoms with Crippen molar-refractivity contribution in [2.75, 3.05) is 40.6 Å². The van der Waals surface area contributed by atoms with Gasteiger partial charge in [-0.05, 0) is 93.3 Å². The van der Waals surface area contributed by atoms with Crippen LogP contribution in [0.25, 0.3) is 10.7 Å². The molecule has 5 rings (SSSR count). The number of aromatic nitrogens is 4. The molecule has 0 spiro atoms. The summed E-state index contributed by atoms with van der Waals surface area (Å²) in [5.41, 5.74) is -1.50. The summed E-state index contributed by atoms with van der Waals surface area (Å²) < 4.78 is 43.2. The first-order valence-electron chi connectivity index (χ1n) is 20.5. The number of aliphatic hydroxyl groups excluding tert-OH is 1. The van der Waals surface area contributed by atoms with Crippen molar-refractivity contribution in [3.05, 3.63) is 17.8 Å². The Morgan fingerprint density at radius 2 is 1.85 bits per heavy atom. The molecule has 0 bridgehead atoms. The number of unbranched alkanes of at least 4 members (excludes halogenated alkanes) is 1. The fraction of sp³-hybridized carbons (Fsp3) is 0.800. The summed E-state index contributed by atoms with van der Waals surface area (Å²) in [6.45, 7) is 14.7. The fourth-order valence-corrected chi connectivity index (χ4v) is 9.15. The number of carbonyl (C=O) groups is 3. The summed E-state index contributed by atoms with van der Waals surface area (Å²) in [5, 5.41) is 26.2. The second-order valence-corrected chi connectivity index (χ2v) is 17.9. The van der Waals surface area contributed by atoms with Gasteiger partial charge in [0.15, 0.2) is 11.9 Å². The summed E-state index contributed by atoms with van der Waals surface area (Å²) in [6, 6.07) is -0.996. The Kier molecular flexibility index (Phi) is 18.1. The van der Waals surface area contributed by atoms with Gasteiger partial charge in [-0.15, -0.1) is 16.4 Å². The van der Waals surface area contributed by atoms with E-state index >= 15 is 0 Å². The highest BCUT2D eigenvalue weighted by Crippen LogP contribution is 2.39. The van der Waals surface area contributed by atoms with E-state index in [1.807, 2.05) is 65.2 Å². The third kappa shape index (κ3) is 12.0. The lowest BCUT2D eigenvalue weighted by Crippen LogP contribution is -2.61. The van der Waals surface area contributed by atoms with Gasteiger partial charge in [0.05, 0.1) is 30.0 Å². The van der Waals surface area contributed by atoms with Crippen LogP contribution in [-0.4, -0.2) is 153 Å². The number of Topliss-reactive ketones (excluding diaryl/α,β-unsaturated/α-hetero) is 1. The molecule has 2 aromatic rings. The lowest BCUT2D eigenvalue weighted by atomic mass is 9.83. The monoisotopic (exact) mass is 871 g/mol. The zero-order valence-corrected chi connectivity index (χ0v) is 38.1. The molecule has 16 nitrogen and oxygen atoms in total. The molecule has 19 heteroatoms. The van der Waals surface area contributed by atoms with Gasteiger partial charge in [0.1, 0.15) is 34.6 Å². The van der Waals surface area contributed by atoms with E-state index in [0.717, 1.165) is 17.1 Å². The van der Waals surface area contributed by atoms with Crippen LogP contribution in [-0.2, 0) is 39.8 Å². The Bertz CT molecular complexity index is 1640. The van der Waals surface area contributed by atoms with E-state index in [1.165, 1.54) is 24.5 Å². The number of likely N-dealkylation sites (N-methyl/N-ethyl adjacent to an activating group) is 1. The molecule has 5 heterocycles. The highest BCUT2D eigenvalue weighted by molar-refractivity contribution is 7.93. The van der Waals surface area contributed by atoms with Crippen molar-refractivity contribution in [3.63, 3.8) is 0 Å². The van der Waals surface area contributed by atoms with Crippen molar-refractivity contribution in [2.45, 2.75) is 154 Å². The highest BCUT2D eigenvalue weighted by atomic mass is 32.2. The molecule has 3 aliphatic heterocycles. The number of halogens is 1. The van der Waals surface area contributed by atoms with Crippen LogP contribution in [0.1, 0.15) is 87.0 Å². The highest BCUT2D eigenvalue weighted by Gasteiger charge is 2.58. The number of nitrogens with one attached hydrogen (secondary N) is 1. The smallest absolute Gasteiger partial charge is 0.410 e. The van der Waals surface area contributed by atoms with Gasteiger partial charge >= 0.3 is 12.1 Å². The SMILES string of the molecule is CC[C@H]1OC(=O)[C@H](C)C(=O)C[C@@H](O[C@@H]2OC(C)CC(N(C)C)C2O)[C@@](C)(OC)C[C@@H](C)CN[C@H](C)[C@H]2N(CCCCn3cc(-c4nccs4)nn3)C(=O)O[C@]12C.CSF. The van der Waals surface area contributed by atoms with Crippen LogP contribution in [0.4, 0.5) is 8.68 Å². The second-order valence-electron chi connectivity index (χ2n) is 16.7. The maximum atomic E-state index is 14.0. The standard InChI is InChI=1S/C39H63N7O9S.CH3FS/c1-11-30-39(7)33(46(37(50)55-39)16-13-12-15-45-22-27(42-43-45)34-40-14-17-56-34)26(5)41-21-23(2)20-38(6,51-10)31(19-29(47)25(4)35(49)53-30)54-36-32(48)28(44(8)9)18-24(3)52-36;1-3-2/h14,17,22-26,28,30-33,36,41,48H,11-13,15-16,18-21H2,1-10H3;1H3/t23-,24?,25-,26-,28?,30-,31-,32?,33-,36+,38+,39-;/m1./s1. The minimum atomic E-state index is -1.21. The molecule has 59 heavy (non-hydrogen) atoms. The van der Waals surface area contributed by atoms with Crippen LogP contribution in [0, 0.1) is 11.8 Å². The number of ether oxygens (including phenoxy) is 5. The zero-order chi connectivity index (χ0) is 43.7. The van der Waals surface area contributed by atoms with Crippen molar-refractivity contribution in [2.24, 2.45) is 11.8 Å². The molecule has 12 atom stereocenters. The van der Waals surface area contributed by atoms with Gasteiger partial charge in [-0.1, -0.05) is 19.1 Å². The predicted octanol–water partition coefficient (Wildman–Crippen LogP) is 5.15. The van der Waals surface area contributed by atoms with Crippen LogP contribution in [0.5, 0.6) is 0 Å². The number of esters is 1. The zero-order valence-electron chi connectivity index (χ0n) is 36.5. The van der Waals surface area contributed by atoms with Gasteiger partial charge < -0.3 is 39.0 Å². The van der Waals surface area contributed by atoms with E-state index in [-0.39, 0.29) is 42.7 Å². The van der Waals surface area contributed by atoms with Crippen molar-refractivity contribution >= 4 is 41.3 Å². The first kappa shape index (κ1) is 48.9. The lowest BCUT2D eigenvalue weighted by Gasteiger charge is -2.45. The van der Waals surface area contributed by atoms with Crippen molar-refractivity contribution in [1.29, 1.82) is 0 Å². The molecular weight excluding hydrogens is 806 g/mol. The number of aliphatic hydroxyl groups is 1. The molecule has 0 saturated carbocycles. The number of hydrogen-bond acceptors (Lipinski definition) is 16. The topological polar surface area (TPSA) is 180 Å². The van der Waals surface area contributed by atoms with E-state index in [0.29, 0.717) is 45.3 Å². The maximum Gasteiger partial charge on any atom is 0.410 e. The number of methoxy groups -OCH3 is 1. The Hall–Kier alpha value is -2.78. The molecule has 0 aliphatic carbocycles. The molecule has 2 N–H and O–H groups in total. The van der Waals surface area contributed by atoms with Crippen molar-refractivity contribution in [1.82, 2.24) is 35.1 Å². The van der Waals surface area contributed by atoms with E-state index in [2.05, 4.69) is 27.5 Å². The van der Waals surface area contributed by atoms with Crippen molar-refractivity contribution < 1.29 is 47.1 Å². The Balaban J connectivity index is 0.00000248. The summed E-state index contributed by atoms with van der Waals surface area (Å²) in [7, 11) is 5.38. The second kappa shape index (κ2) is 21.8. The molecule has 1 amide bonds. The third-order valence-corrected chi connectivity index (χ3v) is 12.7. The Labute approximate surface area is 356 Å². The van der Waals surface area contributed by atoms with Crippen LogP contribution in [0.2, 0.25) is 0 Å². The van der Waals surface area contributed by atoms with E-state index in [1.54, 1.807) is 22.9 Å². The number of carbonyl (C=O) groups excluding carboxylic acids is 3. The van der Waals surface area contributed by atoms with Crippen LogP contribution in [0.15, 0.2) is 17.8 Å². The van der Waals surface area contributed by atoms with Crippen LogP contribution < -0.4 is 5.32 Å². The minimum absolute atomic E-state index is 0.00586. The predicted molar refractivity (Wildman–Crippen MR) is 223 cm³/mol. The largest absolute Gasteiger partial charge is 0.458 e. The number of ketones is 1. The maximum absolute atomic E-state index is 14.0. The molecule has 0 aromatic carbocycles. The molecule has 2 aromatic heterocycles. The van der Waals surface area contributed by atoms with Gasteiger partial charge in [0.25, 0.3) is 0 Å². The fourth-order valence-electron chi connectivity index (χ4n) is 8.57. The van der Waals surface area contributed by atoms with E-state index < -0.39 is 65.6 Å². The molecular formula is C40H66FN7O9S2. The van der Waals surface area contributed by atoms with Crippen LogP contribution >= 0.6 is 23.5 Å².